The molecule has 8 nitrogen and oxygen atoms in total. The second kappa shape index (κ2) is 7.80. The van der Waals surface area contributed by atoms with Crippen molar-refractivity contribution in [3.05, 3.63) is 33.9 Å². The number of alkyl halides is 3. The number of nitrogens with zero attached hydrogens (tertiary/aromatic N) is 1. The van der Waals surface area contributed by atoms with Crippen molar-refractivity contribution in [2.45, 2.75) is 43.8 Å². The molecule has 1 aliphatic rings. The molecule has 0 aliphatic heterocycles. The zero-order valence-corrected chi connectivity index (χ0v) is 14.1. The predicted molar refractivity (Wildman–Crippen MR) is 88.2 cm³/mol. The van der Waals surface area contributed by atoms with E-state index in [1.165, 1.54) is 0 Å². The van der Waals surface area contributed by atoms with E-state index >= 15 is 0 Å². The van der Waals surface area contributed by atoms with E-state index in [2.05, 4.69) is 10.6 Å². The number of hydrogen-bond donors (Lipinski definition) is 3. The van der Waals surface area contributed by atoms with Gasteiger partial charge in [-0.3, -0.25) is 14.9 Å². The Hall–Kier alpha value is -2.85. The number of amides is 1. The number of carboxylic acids is 1. The molecule has 2 rings (SSSR count). The molecule has 0 radical (unpaired) electrons. The van der Waals surface area contributed by atoms with Crippen LogP contribution in [0.4, 0.5) is 24.5 Å². The summed E-state index contributed by atoms with van der Waals surface area (Å²) in [6.07, 6.45) is -2.88. The van der Waals surface area contributed by atoms with E-state index in [-0.39, 0.29) is 18.7 Å². The maximum Gasteiger partial charge on any atom is 0.416 e. The maximum absolute atomic E-state index is 12.7. The van der Waals surface area contributed by atoms with Crippen molar-refractivity contribution in [2.75, 3.05) is 11.9 Å². The zero-order valence-electron chi connectivity index (χ0n) is 14.1. The van der Waals surface area contributed by atoms with Crippen LogP contribution in [-0.4, -0.2) is 34.0 Å². The van der Waals surface area contributed by atoms with Crippen LogP contribution >= 0.6 is 0 Å². The van der Waals surface area contributed by atoms with Crippen molar-refractivity contribution in [2.24, 2.45) is 0 Å². The van der Waals surface area contributed by atoms with Gasteiger partial charge < -0.3 is 15.7 Å². The average Bonchev–Trinajstić information content (AvgIpc) is 3.03. The molecule has 0 bridgehead atoms. The number of anilines is 1. The third-order valence-corrected chi connectivity index (χ3v) is 4.43. The lowest BCUT2D eigenvalue weighted by Crippen LogP contribution is -2.52. The first-order chi connectivity index (χ1) is 12.5. The van der Waals surface area contributed by atoms with Gasteiger partial charge in [-0.25, -0.2) is 4.79 Å². The monoisotopic (exact) mass is 389 g/mol. The van der Waals surface area contributed by atoms with Crippen molar-refractivity contribution >= 4 is 23.3 Å². The third-order valence-electron chi connectivity index (χ3n) is 4.43. The number of rotatable bonds is 7. The highest BCUT2D eigenvalue weighted by molar-refractivity contribution is 5.87. The fourth-order valence-corrected chi connectivity index (χ4v) is 3.02. The Morgan fingerprint density at radius 1 is 1.26 bits per heavy atom. The summed E-state index contributed by atoms with van der Waals surface area (Å²) in [6.45, 7) is -0.103. The molecule has 1 aromatic carbocycles. The number of benzene rings is 1. The lowest BCUT2D eigenvalue weighted by molar-refractivity contribution is -0.384. The van der Waals surface area contributed by atoms with Gasteiger partial charge in [-0.15, -0.1) is 0 Å². The lowest BCUT2D eigenvalue weighted by Gasteiger charge is -2.25. The van der Waals surface area contributed by atoms with Crippen LogP contribution in [0.25, 0.3) is 0 Å². The van der Waals surface area contributed by atoms with Gasteiger partial charge in [-0.05, 0) is 25.0 Å². The normalized spacial score (nSPS) is 16.0. The van der Waals surface area contributed by atoms with Gasteiger partial charge in [-0.1, -0.05) is 12.8 Å². The second-order valence-electron chi connectivity index (χ2n) is 6.31. The molecular weight excluding hydrogens is 371 g/mol. The first-order valence-corrected chi connectivity index (χ1v) is 8.19. The standard InChI is InChI=1S/C16H18F3N3O5/c17-16(18,19)10-3-4-11(12(9-10)22(26)27)20-8-5-13(23)21-15(14(24)25)6-1-2-7-15/h3-4,9,20H,1-2,5-8H2,(H,21,23)(H,24,25). The first kappa shape index (κ1) is 20.5. The molecule has 0 saturated heterocycles. The molecule has 1 aliphatic carbocycles. The van der Waals surface area contributed by atoms with Crippen molar-refractivity contribution in [3.63, 3.8) is 0 Å². The molecule has 0 atom stereocenters. The van der Waals surface area contributed by atoms with Gasteiger partial charge in [0.2, 0.25) is 5.91 Å². The number of carbonyl (C=O) groups is 2. The van der Waals surface area contributed by atoms with Gasteiger partial charge >= 0.3 is 12.1 Å². The number of halogens is 3. The van der Waals surface area contributed by atoms with E-state index in [1.54, 1.807) is 0 Å². The Kier molecular flexibility index (Phi) is 5.91. The Labute approximate surface area is 151 Å². The Balaban J connectivity index is 1.99. The fraction of sp³-hybridized carbons (Fsp3) is 0.500. The van der Waals surface area contributed by atoms with E-state index < -0.39 is 39.8 Å². The maximum atomic E-state index is 12.7. The summed E-state index contributed by atoms with van der Waals surface area (Å²) in [7, 11) is 0. The molecule has 11 heteroatoms. The summed E-state index contributed by atoms with van der Waals surface area (Å²) in [5, 5.41) is 25.3. The highest BCUT2D eigenvalue weighted by Gasteiger charge is 2.42. The van der Waals surface area contributed by atoms with Gasteiger partial charge in [0.1, 0.15) is 11.2 Å². The van der Waals surface area contributed by atoms with Crippen LogP contribution in [0.5, 0.6) is 0 Å². The predicted octanol–water partition coefficient (Wildman–Crippen LogP) is 2.93. The summed E-state index contributed by atoms with van der Waals surface area (Å²) in [6, 6.07) is 2.04. The van der Waals surface area contributed by atoms with Gasteiger partial charge in [0.15, 0.2) is 0 Å². The number of nitro benzene ring substituents is 1. The van der Waals surface area contributed by atoms with Crippen LogP contribution in [-0.2, 0) is 15.8 Å². The molecule has 1 amide bonds. The molecule has 0 spiro atoms. The van der Waals surface area contributed by atoms with Crippen LogP contribution in [0, 0.1) is 10.1 Å². The summed E-state index contributed by atoms with van der Waals surface area (Å²) < 4.78 is 38.0. The number of hydrogen-bond acceptors (Lipinski definition) is 5. The number of carbonyl (C=O) groups excluding carboxylic acids is 1. The smallest absolute Gasteiger partial charge is 0.416 e. The zero-order chi connectivity index (χ0) is 20.2. The molecule has 1 fully saturated rings. The second-order valence-corrected chi connectivity index (χ2v) is 6.31. The van der Waals surface area contributed by atoms with Crippen LogP contribution in [0.2, 0.25) is 0 Å². The molecule has 27 heavy (non-hydrogen) atoms. The Morgan fingerprint density at radius 2 is 1.89 bits per heavy atom. The molecule has 0 heterocycles. The van der Waals surface area contributed by atoms with Gasteiger partial charge in [0.05, 0.1) is 10.5 Å². The largest absolute Gasteiger partial charge is 0.480 e. The number of carboxylic acid groups (broad SMARTS) is 1. The van der Waals surface area contributed by atoms with Crippen molar-refractivity contribution < 1.29 is 32.8 Å². The molecular formula is C16H18F3N3O5. The van der Waals surface area contributed by atoms with Gasteiger partial charge in [-0.2, -0.15) is 13.2 Å². The number of nitrogens with one attached hydrogen (secondary N) is 2. The molecule has 0 aromatic heterocycles. The molecule has 0 unspecified atom stereocenters. The molecule has 1 aromatic rings. The molecule has 1 saturated carbocycles. The van der Waals surface area contributed by atoms with Crippen LogP contribution in [0.1, 0.15) is 37.7 Å². The SMILES string of the molecule is O=C(CCNc1ccc(C(F)(F)F)cc1[N+](=O)[O-])NC1(C(=O)O)CCCC1. The van der Waals surface area contributed by atoms with E-state index in [0.717, 1.165) is 6.07 Å². The summed E-state index contributed by atoms with van der Waals surface area (Å²) >= 11 is 0. The molecule has 3 N–H and O–H groups in total. The fourth-order valence-electron chi connectivity index (χ4n) is 3.02. The number of nitro groups is 1. The minimum Gasteiger partial charge on any atom is -0.480 e. The lowest BCUT2D eigenvalue weighted by atomic mass is 9.97. The minimum absolute atomic E-state index is 0.103. The van der Waals surface area contributed by atoms with Crippen molar-refractivity contribution in [3.8, 4) is 0 Å². The summed E-state index contributed by atoms with van der Waals surface area (Å²) in [5.74, 6) is -1.67. The van der Waals surface area contributed by atoms with Crippen LogP contribution < -0.4 is 10.6 Å². The van der Waals surface area contributed by atoms with E-state index in [4.69, 9.17) is 0 Å². The van der Waals surface area contributed by atoms with E-state index in [1.807, 2.05) is 0 Å². The Bertz CT molecular complexity index is 745. The highest BCUT2D eigenvalue weighted by Crippen LogP contribution is 2.35. The van der Waals surface area contributed by atoms with Crippen molar-refractivity contribution in [1.82, 2.24) is 5.32 Å². The average molecular weight is 389 g/mol. The summed E-state index contributed by atoms with van der Waals surface area (Å²) in [4.78, 5) is 33.4. The first-order valence-electron chi connectivity index (χ1n) is 8.19. The van der Waals surface area contributed by atoms with Crippen molar-refractivity contribution in [1.29, 1.82) is 0 Å². The molecule has 148 valence electrons. The van der Waals surface area contributed by atoms with Gasteiger partial charge in [0.25, 0.3) is 5.69 Å². The van der Waals surface area contributed by atoms with Gasteiger partial charge in [0, 0.05) is 19.0 Å². The van der Waals surface area contributed by atoms with E-state index in [9.17, 15) is 38.0 Å². The minimum atomic E-state index is -4.71. The highest BCUT2D eigenvalue weighted by atomic mass is 19.4. The van der Waals surface area contributed by atoms with Crippen LogP contribution in [0.3, 0.4) is 0 Å². The quantitative estimate of drug-likeness (QED) is 0.487. The topological polar surface area (TPSA) is 122 Å². The number of aliphatic carboxylic acids is 1. The van der Waals surface area contributed by atoms with E-state index in [0.29, 0.717) is 37.8 Å². The summed E-state index contributed by atoms with van der Waals surface area (Å²) in [5.41, 5.74) is -3.36. The Morgan fingerprint density at radius 3 is 2.41 bits per heavy atom. The third kappa shape index (κ3) is 4.86. The van der Waals surface area contributed by atoms with Crippen LogP contribution in [0.15, 0.2) is 18.2 Å².